The van der Waals surface area contributed by atoms with Gasteiger partial charge in [0.15, 0.2) is 0 Å². The number of aryl methyl sites for hydroxylation is 1. The van der Waals surface area contributed by atoms with Crippen molar-refractivity contribution in [1.82, 2.24) is 19.8 Å². The fourth-order valence-corrected chi connectivity index (χ4v) is 2.60. The summed E-state index contributed by atoms with van der Waals surface area (Å²) in [4.78, 5) is 18.7. The standard InChI is InChI=1S/C14H24N4O2/c1-9-10(2)18(4)13(16-9)7-15-14(20)11-8-17(3)6-5-12(11)19/h11-12,19H,5-8H2,1-4H3,(H,15,20)/t11-,12-/m1/s1. The summed E-state index contributed by atoms with van der Waals surface area (Å²) in [6.07, 6.45) is 0.103. The molecule has 1 aromatic rings. The second kappa shape index (κ2) is 5.93. The number of hydrogen-bond donors (Lipinski definition) is 2. The summed E-state index contributed by atoms with van der Waals surface area (Å²) in [5.41, 5.74) is 2.08. The van der Waals surface area contributed by atoms with E-state index in [1.807, 2.05) is 32.5 Å². The van der Waals surface area contributed by atoms with Gasteiger partial charge in [0.05, 0.1) is 24.3 Å². The quantitative estimate of drug-likeness (QED) is 0.815. The van der Waals surface area contributed by atoms with Gasteiger partial charge in [-0.3, -0.25) is 4.79 Å². The predicted octanol–water partition coefficient (Wildman–Crippen LogP) is -0.0343. The topological polar surface area (TPSA) is 70.4 Å². The minimum atomic E-state index is -0.545. The molecule has 1 saturated heterocycles. The zero-order valence-corrected chi connectivity index (χ0v) is 12.7. The summed E-state index contributed by atoms with van der Waals surface area (Å²) < 4.78 is 1.99. The molecule has 0 saturated carbocycles. The first-order valence-corrected chi connectivity index (χ1v) is 7.03. The molecule has 0 spiro atoms. The number of aromatic nitrogens is 2. The van der Waals surface area contributed by atoms with Crippen LogP contribution in [0.1, 0.15) is 23.6 Å². The number of piperidine rings is 1. The Bertz CT molecular complexity index is 498. The van der Waals surface area contributed by atoms with E-state index in [0.717, 1.165) is 23.8 Å². The molecule has 2 rings (SSSR count). The molecular weight excluding hydrogens is 256 g/mol. The van der Waals surface area contributed by atoms with Gasteiger partial charge in [0, 0.05) is 25.8 Å². The van der Waals surface area contributed by atoms with Crippen molar-refractivity contribution in [2.24, 2.45) is 13.0 Å². The maximum Gasteiger partial charge on any atom is 0.227 e. The van der Waals surface area contributed by atoms with Crippen LogP contribution in [-0.2, 0) is 18.4 Å². The number of carbonyl (C=O) groups is 1. The lowest BCUT2D eigenvalue weighted by Gasteiger charge is -2.32. The van der Waals surface area contributed by atoms with Crippen molar-refractivity contribution < 1.29 is 9.90 Å². The molecular formula is C14H24N4O2. The summed E-state index contributed by atoms with van der Waals surface area (Å²) >= 11 is 0. The van der Waals surface area contributed by atoms with Crippen LogP contribution in [0.2, 0.25) is 0 Å². The van der Waals surface area contributed by atoms with Gasteiger partial charge in [-0.15, -0.1) is 0 Å². The smallest absolute Gasteiger partial charge is 0.227 e. The molecule has 2 heterocycles. The van der Waals surface area contributed by atoms with Gasteiger partial charge in [-0.2, -0.15) is 0 Å². The van der Waals surface area contributed by atoms with Crippen molar-refractivity contribution in [2.45, 2.75) is 32.9 Å². The monoisotopic (exact) mass is 280 g/mol. The summed E-state index contributed by atoms with van der Waals surface area (Å²) in [5.74, 6) is 0.394. The van der Waals surface area contributed by atoms with E-state index in [1.165, 1.54) is 0 Å². The third-order valence-electron chi connectivity index (χ3n) is 4.25. The molecule has 2 N–H and O–H groups in total. The Balaban J connectivity index is 1.96. The van der Waals surface area contributed by atoms with Gasteiger partial charge < -0.3 is 19.9 Å². The number of aliphatic hydroxyl groups is 1. The minimum Gasteiger partial charge on any atom is -0.392 e. The average molecular weight is 280 g/mol. The molecule has 112 valence electrons. The van der Waals surface area contributed by atoms with Crippen LogP contribution in [0.3, 0.4) is 0 Å². The average Bonchev–Trinajstić information content (AvgIpc) is 2.66. The van der Waals surface area contributed by atoms with Gasteiger partial charge in [-0.25, -0.2) is 4.98 Å². The first-order chi connectivity index (χ1) is 9.40. The summed E-state index contributed by atoms with van der Waals surface area (Å²) in [6.45, 7) is 5.80. The van der Waals surface area contributed by atoms with Crippen LogP contribution in [0.4, 0.5) is 0 Å². The number of amides is 1. The lowest BCUT2D eigenvalue weighted by molar-refractivity contribution is -0.131. The lowest BCUT2D eigenvalue weighted by atomic mass is 9.94. The van der Waals surface area contributed by atoms with Crippen LogP contribution in [0.5, 0.6) is 0 Å². The van der Waals surface area contributed by atoms with Crippen LogP contribution in [0, 0.1) is 19.8 Å². The summed E-state index contributed by atoms with van der Waals surface area (Å²) in [6, 6.07) is 0. The molecule has 6 nitrogen and oxygen atoms in total. The fraction of sp³-hybridized carbons (Fsp3) is 0.714. The van der Waals surface area contributed by atoms with E-state index >= 15 is 0 Å². The van der Waals surface area contributed by atoms with Crippen LogP contribution >= 0.6 is 0 Å². The Labute approximate surface area is 119 Å². The third-order valence-corrected chi connectivity index (χ3v) is 4.25. The van der Waals surface area contributed by atoms with Gasteiger partial charge in [-0.05, 0) is 27.3 Å². The molecule has 2 atom stereocenters. The van der Waals surface area contributed by atoms with Crippen molar-refractivity contribution in [3.05, 3.63) is 17.2 Å². The van der Waals surface area contributed by atoms with E-state index < -0.39 is 6.10 Å². The number of rotatable bonds is 3. The van der Waals surface area contributed by atoms with Crippen molar-refractivity contribution in [3.8, 4) is 0 Å². The molecule has 1 aliphatic rings. The number of nitrogens with zero attached hydrogens (tertiary/aromatic N) is 3. The Morgan fingerprint density at radius 1 is 1.45 bits per heavy atom. The summed E-state index contributed by atoms with van der Waals surface area (Å²) in [7, 11) is 3.91. The van der Waals surface area contributed by atoms with Gasteiger partial charge in [0.25, 0.3) is 0 Å². The Hall–Kier alpha value is -1.40. The molecule has 20 heavy (non-hydrogen) atoms. The van der Waals surface area contributed by atoms with E-state index in [0.29, 0.717) is 19.5 Å². The highest BCUT2D eigenvalue weighted by atomic mass is 16.3. The number of imidazole rings is 1. The van der Waals surface area contributed by atoms with E-state index in [1.54, 1.807) is 0 Å². The minimum absolute atomic E-state index is 0.0950. The van der Waals surface area contributed by atoms with Crippen molar-refractivity contribution >= 4 is 5.91 Å². The van der Waals surface area contributed by atoms with Crippen LogP contribution in [-0.4, -0.2) is 51.7 Å². The highest BCUT2D eigenvalue weighted by Gasteiger charge is 2.31. The predicted molar refractivity (Wildman–Crippen MR) is 76.1 cm³/mol. The van der Waals surface area contributed by atoms with Crippen LogP contribution < -0.4 is 5.32 Å². The molecule has 0 aliphatic carbocycles. The van der Waals surface area contributed by atoms with Gasteiger partial charge in [0.1, 0.15) is 5.82 Å². The molecule has 0 radical (unpaired) electrons. The molecule has 1 aliphatic heterocycles. The van der Waals surface area contributed by atoms with Crippen molar-refractivity contribution in [1.29, 1.82) is 0 Å². The maximum absolute atomic E-state index is 12.2. The fourth-order valence-electron chi connectivity index (χ4n) is 2.60. The largest absolute Gasteiger partial charge is 0.392 e. The molecule has 1 fully saturated rings. The number of hydrogen-bond acceptors (Lipinski definition) is 4. The van der Waals surface area contributed by atoms with E-state index in [-0.39, 0.29) is 11.8 Å². The number of carbonyl (C=O) groups excluding carboxylic acids is 1. The van der Waals surface area contributed by atoms with Gasteiger partial charge >= 0.3 is 0 Å². The van der Waals surface area contributed by atoms with E-state index in [2.05, 4.69) is 15.2 Å². The Morgan fingerprint density at radius 2 is 2.15 bits per heavy atom. The summed E-state index contributed by atoms with van der Waals surface area (Å²) in [5, 5.41) is 12.8. The normalized spacial score (nSPS) is 23.9. The van der Waals surface area contributed by atoms with Crippen LogP contribution in [0.15, 0.2) is 0 Å². The SMILES string of the molecule is Cc1nc(CNC(=O)[C@@H]2CN(C)CC[C@H]2O)n(C)c1C. The number of aliphatic hydroxyl groups excluding tert-OH is 1. The molecule has 6 heteroatoms. The lowest BCUT2D eigenvalue weighted by Crippen LogP contribution is -2.48. The number of nitrogens with one attached hydrogen (secondary N) is 1. The third kappa shape index (κ3) is 3.02. The first-order valence-electron chi connectivity index (χ1n) is 7.03. The molecule has 0 unspecified atom stereocenters. The zero-order chi connectivity index (χ0) is 14.9. The second-order valence-electron chi connectivity index (χ2n) is 5.70. The van der Waals surface area contributed by atoms with E-state index in [4.69, 9.17) is 0 Å². The van der Waals surface area contributed by atoms with E-state index in [9.17, 15) is 9.90 Å². The molecule has 0 aromatic carbocycles. The highest BCUT2D eigenvalue weighted by Crippen LogP contribution is 2.16. The maximum atomic E-state index is 12.2. The molecule has 0 bridgehead atoms. The van der Waals surface area contributed by atoms with Crippen molar-refractivity contribution in [3.63, 3.8) is 0 Å². The number of likely N-dealkylation sites (tertiary alicyclic amines) is 1. The Morgan fingerprint density at radius 3 is 2.75 bits per heavy atom. The van der Waals surface area contributed by atoms with Gasteiger partial charge in [-0.1, -0.05) is 0 Å². The zero-order valence-electron chi connectivity index (χ0n) is 12.7. The first kappa shape index (κ1) is 15.0. The van der Waals surface area contributed by atoms with Crippen LogP contribution in [0.25, 0.3) is 0 Å². The van der Waals surface area contributed by atoms with Gasteiger partial charge in [0.2, 0.25) is 5.91 Å². The van der Waals surface area contributed by atoms with Crippen molar-refractivity contribution in [2.75, 3.05) is 20.1 Å². The second-order valence-corrected chi connectivity index (χ2v) is 5.70. The highest BCUT2D eigenvalue weighted by molar-refractivity contribution is 5.79. The Kier molecular flexibility index (Phi) is 4.45. The molecule has 1 amide bonds. The molecule has 1 aromatic heterocycles.